The maximum Gasteiger partial charge on any atom is 0.395 e. The molecule has 1 aliphatic carbocycles. The van der Waals surface area contributed by atoms with Gasteiger partial charge in [-0.15, -0.1) is 0 Å². The average Bonchev–Trinajstić information content (AvgIpc) is 2.88. The molecule has 0 spiro atoms. The van der Waals surface area contributed by atoms with Crippen molar-refractivity contribution >= 4 is 28.4 Å². The Labute approximate surface area is 144 Å². The van der Waals surface area contributed by atoms with Crippen molar-refractivity contribution < 1.29 is 13.1 Å². The van der Waals surface area contributed by atoms with Crippen LogP contribution in [-0.2, 0) is 33.9 Å². The van der Waals surface area contributed by atoms with Crippen molar-refractivity contribution in [1.29, 1.82) is 0 Å². The van der Waals surface area contributed by atoms with Crippen molar-refractivity contribution in [3.05, 3.63) is 29.5 Å². The van der Waals surface area contributed by atoms with Gasteiger partial charge in [0.25, 0.3) is 0 Å². The lowest BCUT2D eigenvalue weighted by atomic mass is 9.95. The molecule has 1 aliphatic rings. The van der Waals surface area contributed by atoms with Crippen LogP contribution in [0, 0.1) is 0 Å². The predicted molar refractivity (Wildman–Crippen MR) is 97.1 cm³/mol. The van der Waals surface area contributed by atoms with Gasteiger partial charge in [-0.05, 0) is 62.4 Å². The number of aryl methyl sites for hydroxylation is 2. The highest BCUT2D eigenvalue weighted by Crippen LogP contribution is 2.33. The second-order valence-electron chi connectivity index (χ2n) is 6.40. The van der Waals surface area contributed by atoms with Crippen LogP contribution in [0.5, 0.6) is 0 Å². The smallest absolute Gasteiger partial charge is 0.395 e. The Balaban J connectivity index is 1.96. The molecule has 1 N–H and O–H groups in total. The van der Waals surface area contributed by atoms with Crippen LogP contribution < -0.4 is 5.23 Å². The molecule has 1 aromatic carbocycles. The topological polar surface area (TPSA) is 60.3 Å². The molecule has 0 fully saturated rings. The number of hydrogen-bond acceptors (Lipinski definition) is 4. The summed E-state index contributed by atoms with van der Waals surface area (Å²) in [6, 6.07) is 5.57. The molecule has 1 heterocycles. The fraction of sp³-hybridized carbons (Fsp3) is 0.529. The largest absolute Gasteiger partial charge is 0.427 e. The molecule has 129 valence electrons. The zero-order chi connectivity index (χ0) is 17.2. The molecule has 0 saturated carbocycles. The molecular weight excluding hydrogens is 323 g/mol. The second kappa shape index (κ2) is 7.29. The van der Waals surface area contributed by atoms with Crippen molar-refractivity contribution in [3.8, 4) is 0 Å². The van der Waals surface area contributed by atoms with Crippen molar-refractivity contribution in [2.24, 2.45) is 0 Å². The molecule has 0 aliphatic heterocycles. The molecule has 24 heavy (non-hydrogen) atoms. The minimum atomic E-state index is -3.18. The van der Waals surface area contributed by atoms with E-state index in [0.29, 0.717) is 4.90 Å². The van der Waals surface area contributed by atoms with Crippen LogP contribution in [0.4, 0.5) is 0 Å². The van der Waals surface area contributed by atoms with Gasteiger partial charge in [-0.25, -0.2) is 8.42 Å². The Morgan fingerprint density at radius 3 is 2.83 bits per heavy atom. The van der Waals surface area contributed by atoms with Crippen LogP contribution >= 0.6 is 0 Å². The summed E-state index contributed by atoms with van der Waals surface area (Å²) in [5, 5.41) is 4.23. The van der Waals surface area contributed by atoms with Gasteiger partial charge in [-0.2, -0.15) is 0 Å². The lowest BCUT2D eigenvalue weighted by Crippen LogP contribution is -2.23. The van der Waals surface area contributed by atoms with Crippen molar-refractivity contribution in [2.45, 2.75) is 43.5 Å². The summed E-state index contributed by atoms with van der Waals surface area (Å²) < 4.78 is 31.1. The van der Waals surface area contributed by atoms with Crippen LogP contribution in [-0.4, -0.2) is 40.5 Å². The van der Waals surface area contributed by atoms with Crippen LogP contribution in [0.1, 0.15) is 30.5 Å². The number of hydrogen-bond donors (Lipinski definition) is 1. The van der Waals surface area contributed by atoms with Crippen molar-refractivity contribution in [2.75, 3.05) is 19.9 Å². The third kappa shape index (κ3) is 3.53. The van der Waals surface area contributed by atoms with Gasteiger partial charge in [-0.3, -0.25) is 0 Å². The molecule has 1 radical (unpaired) electrons. The van der Waals surface area contributed by atoms with Crippen molar-refractivity contribution in [3.63, 3.8) is 0 Å². The predicted octanol–water partition coefficient (Wildman–Crippen LogP) is 2.08. The minimum absolute atomic E-state index is 0.414. The molecule has 7 heteroatoms. The van der Waals surface area contributed by atoms with E-state index in [-0.39, 0.29) is 0 Å². The van der Waals surface area contributed by atoms with E-state index in [2.05, 4.69) is 9.79 Å². The van der Waals surface area contributed by atoms with Gasteiger partial charge >= 0.3 is 7.62 Å². The molecular formula is C17H24BN2O3S. The first-order chi connectivity index (χ1) is 11.5. The standard InChI is InChI=1S/C17H24BN2O3S/c1-23-18-19-10-5-11-20-16-7-4-3-6-14(16)15-12-13(24(2,21)22)8-9-17(15)20/h8-9,12,19H,3-7,10-11H2,1-2H3. The first-order valence-electron chi connectivity index (χ1n) is 8.44. The number of benzene rings is 1. The molecule has 0 saturated heterocycles. The summed E-state index contributed by atoms with van der Waals surface area (Å²) in [4.78, 5) is 0.414. The normalized spacial score (nSPS) is 14.8. The van der Waals surface area contributed by atoms with Gasteiger partial charge in [0, 0.05) is 36.5 Å². The van der Waals surface area contributed by atoms with Gasteiger partial charge < -0.3 is 14.4 Å². The van der Waals surface area contributed by atoms with E-state index < -0.39 is 9.84 Å². The summed E-state index contributed by atoms with van der Waals surface area (Å²) in [5.41, 5.74) is 3.89. The van der Waals surface area contributed by atoms with E-state index >= 15 is 0 Å². The molecule has 0 bridgehead atoms. The molecule has 0 unspecified atom stereocenters. The van der Waals surface area contributed by atoms with E-state index in [9.17, 15) is 8.42 Å². The SMILES string of the molecule is CO[B]NCCCn1c2c(c3cc(S(C)(=O)=O)ccc31)CCCC2. The zero-order valence-electron chi connectivity index (χ0n) is 14.3. The third-order valence-electron chi connectivity index (χ3n) is 4.68. The minimum Gasteiger partial charge on any atom is -0.427 e. The molecule has 1 aromatic heterocycles. The van der Waals surface area contributed by atoms with Gasteiger partial charge in [0.2, 0.25) is 0 Å². The van der Waals surface area contributed by atoms with E-state index in [4.69, 9.17) is 4.65 Å². The zero-order valence-corrected chi connectivity index (χ0v) is 15.2. The Hall–Kier alpha value is -1.31. The maximum atomic E-state index is 11.9. The Morgan fingerprint density at radius 2 is 2.08 bits per heavy atom. The number of aromatic nitrogens is 1. The number of nitrogens with one attached hydrogen (secondary N) is 1. The summed E-state index contributed by atoms with van der Waals surface area (Å²) in [6.07, 6.45) is 6.77. The lowest BCUT2D eigenvalue weighted by Gasteiger charge is -2.16. The highest BCUT2D eigenvalue weighted by Gasteiger charge is 2.21. The van der Waals surface area contributed by atoms with Gasteiger partial charge in [0.15, 0.2) is 9.84 Å². The molecule has 0 amide bonds. The van der Waals surface area contributed by atoms with Crippen molar-refractivity contribution in [1.82, 2.24) is 9.79 Å². The molecule has 2 aromatic rings. The van der Waals surface area contributed by atoms with E-state index in [1.165, 1.54) is 30.4 Å². The summed E-state index contributed by atoms with van der Waals surface area (Å²) in [5.74, 6) is 0. The van der Waals surface area contributed by atoms with Crippen LogP contribution in [0.2, 0.25) is 0 Å². The first kappa shape index (κ1) is 17.5. The van der Waals surface area contributed by atoms with E-state index in [0.717, 1.165) is 43.3 Å². The van der Waals surface area contributed by atoms with Crippen LogP contribution in [0.3, 0.4) is 0 Å². The van der Waals surface area contributed by atoms with E-state index in [1.807, 2.05) is 12.1 Å². The fourth-order valence-electron chi connectivity index (χ4n) is 3.58. The average molecular weight is 347 g/mol. The monoisotopic (exact) mass is 347 g/mol. The van der Waals surface area contributed by atoms with Gasteiger partial charge in [0.1, 0.15) is 0 Å². The quantitative estimate of drug-likeness (QED) is 0.615. The summed E-state index contributed by atoms with van der Waals surface area (Å²) in [7, 11) is 0.0499. The summed E-state index contributed by atoms with van der Waals surface area (Å²) in [6.45, 7) is 1.78. The molecule has 3 rings (SSSR count). The lowest BCUT2D eigenvalue weighted by molar-refractivity contribution is 0.429. The Bertz CT molecular complexity index is 830. The molecule has 5 nitrogen and oxygen atoms in total. The number of rotatable bonds is 7. The van der Waals surface area contributed by atoms with Crippen LogP contribution in [0.25, 0.3) is 10.9 Å². The fourth-order valence-corrected chi connectivity index (χ4v) is 4.23. The van der Waals surface area contributed by atoms with Crippen LogP contribution in [0.15, 0.2) is 23.1 Å². The number of fused-ring (bicyclic) bond motifs is 3. The van der Waals surface area contributed by atoms with Gasteiger partial charge in [0.05, 0.1) is 4.90 Å². The highest BCUT2D eigenvalue weighted by molar-refractivity contribution is 7.90. The molecule has 0 atom stereocenters. The van der Waals surface area contributed by atoms with E-state index in [1.54, 1.807) is 20.8 Å². The summed E-state index contributed by atoms with van der Waals surface area (Å²) >= 11 is 0. The number of nitrogens with zero attached hydrogens (tertiary/aromatic N) is 1. The van der Waals surface area contributed by atoms with Gasteiger partial charge in [-0.1, -0.05) is 0 Å². The highest BCUT2D eigenvalue weighted by atomic mass is 32.2. The Kier molecular flexibility index (Phi) is 5.32. The third-order valence-corrected chi connectivity index (χ3v) is 5.79. The maximum absolute atomic E-state index is 11.9. The second-order valence-corrected chi connectivity index (χ2v) is 8.41. The Morgan fingerprint density at radius 1 is 1.29 bits per heavy atom. The number of sulfone groups is 1. The first-order valence-corrected chi connectivity index (χ1v) is 10.3.